The standard InChI is InChI=1S/C9H16N2O3S/c1-3-6-8-7(4-5-10-8)11(9(6)12)15(2,13)14/h6-8,10H,3-5H2,1-2H3/t6?,7-,8+/m0/s1. The van der Waals surface area contributed by atoms with Crippen LogP contribution in [0.2, 0.25) is 0 Å². The highest BCUT2D eigenvalue weighted by molar-refractivity contribution is 7.88. The Morgan fingerprint density at radius 2 is 2.20 bits per heavy atom. The average molecular weight is 232 g/mol. The third-order valence-corrected chi connectivity index (χ3v) is 4.47. The summed E-state index contributed by atoms with van der Waals surface area (Å²) in [4.78, 5) is 11.9. The molecule has 0 saturated carbocycles. The highest BCUT2D eigenvalue weighted by atomic mass is 32.2. The minimum atomic E-state index is -3.41. The Morgan fingerprint density at radius 3 is 2.73 bits per heavy atom. The molecule has 0 radical (unpaired) electrons. The first-order valence-electron chi connectivity index (χ1n) is 5.23. The SMILES string of the molecule is CCC1C(=O)N(S(C)(=O)=O)[C@H]2CCN[C@H]12. The zero-order valence-electron chi connectivity index (χ0n) is 8.93. The quantitative estimate of drug-likeness (QED) is 0.700. The molecule has 2 fully saturated rings. The lowest BCUT2D eigenvalue weighted by Crippen LogP contribution is -2.39. The minimum absolute atomic E-state index is 0.0252. The van der Waals surface area contributed by atoms with Crippen LogP contribution in [0.4, 0.5) is 0 Å². The number of nitrogens with zero attached hydrogens (tertiary/aromatic N) is 1. The predicted octanol–water partition coefficient (Wildman–Crippen LogP) is -0.455. The van der Waals surface area contributed by atoms with Gasteiger partial charge in [0.15, 0.2) is 0 Å². The Bertz CT molecular complexity index is 379. The van der Waals surface area contributed by atoms with Gasteiger partial charge in [-0.1, -0.05) is 6.92 Å². The number of hydrogen-bond acceptors (Lipinski definition) is 4. The largest absolute Gasteiger partial charge is 0.311 e. The van der Waals surface area contributed by atoms with Crippen molar-refractivity contribution in [2.24, 2.45) is 5.92 Å². The number of nitrogens with one attached hydrogen (secondary N) is 1. The third-order valence-electron chi connectivity index (χ3n) is 3.30. The molecular formula is C9H16N2O3S. The Balaban J connectivity index is 2.37. The van der Waals surface area contributed by atoms with Crippen LogP contribution < -0.4 is 5.32 Å². The van der Waals surface area contributed by atoms with E-state index in [0.29, 0.717) is 6.42 Å². The average Bonchev–Trinajstić information content (AvgIpc) is 2.60. The van der Waals surface area contributed by atoms with E-state index in [-0.39, 0.29) is 23.9 Å². The van der Waals surface area contributed by atoms with Gasteiger partial charge in [0.05, 0.1) is 18.2 Å². The van der Waals surface area contributed by atoms with Crippen molar-refractivity contribution in [1.82, 2.24) is 9.62 Å². The number of amides is 1. The molecule has 0 bridgehead atoms. The van der Waals surface area contributed by atoms with Gasteiger partial charge >= 0.3 is 0 Å². The monoisotopic (exact) mass is 232 g/mol. The van der Waals surface area contributed by atoms with Crippen molar-refractivity contribution < 1.29 is 13.2 Å². The van der Waals surface area contributed by atoms with Crippen LogP contribution >= 0.6 is 0 Å². The van der Waals surface area contributed by atoms with Gasteiger partial charge in [0.2, 0.25) is 15.9 Å². The number of carbonyl (C=O) groups is 1. The molecule has 6 heteroatoms. The molecule has 2 rings (SSSR count). The maximum atomic E-state index is 11.9. The second-order valence-corrected chi connectivity index (χ2v) is 6.11. The van der Waals surface area contributed by atoms with E-state index in [0.717, 1.165) is 23.5 Å². The van der Waals surface area contributed by atoms with Crippen LogP contribution in [0.3, 0.4) is 0 Å². The van der Waals surface area contributed by atoms with Crippen LogP contribution in [0.1, 0.15) is 19.8 Å². The second kappa shape index (κ2) is 3.45. The van der Waals surface area contributed by atoms with Gasteiger partial charge in [0.1, 0.15) is 0 Å². The summed E-state index contributed by atoms with van der Waals surface area (Å²) in [5.74, 6) is -0.408. The summed E-state index contributed by atoms with van der Waals surface area (Å²) >= 11 is 0. The van der Waals surface area contributed by atoms with E-state index >= 15 is 0 Å². The molecule has 2 aliphatic heterocycles. The van der Waals surface area contributed by atoms with E-state index < -0.39 is 10.0 Å². The lowest BCUT2D eigenvalue weighted by atomic mass is 9.97. The van der Waals surface area contributed by atoms with Crippen LogP contribution in [-0.4, -0.2) is 43.5 Å². The Morgan fingerprint density at radius 1 is 1.53 bits per heavy atom. The zero-order chi connectivity index (χ0) is 11.2. The maximum Gasteiger partial charge on any atom is 0.241 e. The predicted molar refractivity (Wildman–Crippen MR) is 55.7 cm³/mol. The topological polar surface area (TPSA) is 66.5 Å². The van der Waals surface area contributed by atoms with E-state index in [2.05, 4.69) is 5.32 Å². The molecule has 1 N–H and O–H groups in total. The Hall–Kier alpha value is -0.620. The molecule has 2 heterocycles. The second-order valence-electron chi connectivity index (χ2n) is 4.25. The number of carbonyl (C=O) groups excluding carboxylic acids is 1. The first-order valence-corrected chi connectivity index (χ1v) is 7.08. The Kier molecular flexibility index (Phi) is 2.50. The molecule has 1 unspecified atom stereocenters. The van der Waals surface area contributed by atoms with Crippen LogP contribution in [0, 0.1) is 5.92 Å². The summed E-state index contributed by atoms with van der Waals surface area (Å²) in [5.41, 5.74) is 0. The van der Waals surface area contributed by atoms with Gasteiger partial charge in [-0.3, -0.25) is 4.79 Å². The maximum absolute atomic E-state index is 11.9. The molecule has 2 saturated heterocycles. The van der Waals surface area contributed by atoms with Gasteiger partial charge < -0.3 is 5.32 Å². The molecule has 15 heavy (non-hydrogen) atoms. The molecule has 0 aromatic carbocycles. The molecule has 0 aromatic heterocycles. The molecular weight excluding hydrogens is 216 g/mol. The lowest BCUT2D eigenvalue weighted by molar-refractivity contribution is -0.127. The summed E-state index contributed by atoms with van der Waals surface area (Å²) in [6, 6.07) is -0.130. The van der Waals surface area contributed by atoms with Crippen molar-refractivity contribution in [3.63, 3.8) is 0 Å². The minimum Gasteiger partial charge on any atom is -0.311 e. The highest BCUT2D eigenvalue weighted by Gasteiger charge is 2.52. The smallest absolute Gasteiger partial charge is 0.241 e. The fourth-order valence-corrected chi connectivity index (χ4v) is 3.90. The molecule has 0 aliphatic carbocycles. The van der Waals surface area contributed by atoms with Crippen molar-refractivity contribution in [3.05, 3.63) is 0 Å². The number of hydrogen-bond donors (Lipinski definition) is 1. The highest BCUT2D eigenvalue weighted by Crippen LogP contribution is 2.34. The summed E-state index contributed by atoms with van der Waals surface area (Å²) in [6.45, 7) is 2.72. The summed E-state index contributed by atoms with van der Waals surface area (Å²) in [6.07, 6.45) is 2.54. The summed E-state index contributed by atoms with van der Waals surface area (Å²) < 4.78 is 24.1. The molecule has 3 atom stereocenters. The van der Waals surface area contributed by atoms with E-state index in [1.807, 2.05) is 6.92 Å². The molecule has 0 spiro atoms. The molecule has 0 aromatic rings. The van der Waals surface area contributed by atoms with Crippen molar-refractivity contribution >= 4 is 15.9 Å². The van der Waals surface area contributed by atoms with Crippen molar-refractivity contribution in [2.75, 3.05) is 12.8 Å². The number of sulfonamides is 1. The van der Waals surface area contributed by atoms with Crippen LogP contribution in [0.5, 0.6) is 0 Å². The molecule has 1 amide bonds. The zero-order valence-corrected chi connectivity index (χ0v) is 9.75. The van der Waals surface area contributed by atoms with E-state index in [1.165, 1.54) is 0 Å². The fraction of sp³-hybridized carbons (Fsp3) is 0.889. The van der Waals surface area contributed by atoms with E-state index in [4.69, 9.17) is 0 Å². The fourth-order valence-electron chi connectivity index (χ4n) is 2.71. The van der Waals surface area contributed by atoms with Crippen molar-refractivity contribution in [1.29, 1.82) is 0 Å². The normalized spacial score (nSPS) is 36.0. The van der Waals surface area contributed by atoms with Gasteiger partial charge in [-0.05, 0) is 19.4 Å². The molecule has 86 valence electrons. The van der Waals surface area contributed by atoms with Crippen molar-refractivity contribution in [3.8, 4) is 0 Å². The van der Waals surface area contributed by atoms with E-state index in [9.17, 15) is 13.2 Å². The summed E-state index contributed by atoms with van der Waals surface area (Å²) in [7, 11) is -3.41. The van der Waals surface area contributed by atoms with Gasteiger partial charge in [-0.2, -0.15) is 0 Å². The molecule has 2 aliphatic rings. The van der Waals surface area contributed by atoms with E-state index in [1.54, 1.807) is 0 Å². The van der Waals surface area contributed by atoms with Gasteiger partial charge in [-0.15, -0.1) is 0 Å². The third kappa shape index (κ3) is 1.56. The first-order chi connectivity index (χ1) is 6.96. The first kappa shape index (κ1) is 10.9. The van der Waals surface area contributed by atoms with Crippen molar-refractivity contribution in [2.45, 2.75) is 31.8 Å². The van der Waals surface area contributed by atoms with Crippen LogP contribution in [0.25, 0.3) is 0 Å². The number of fused-ring (bicyclic) bond motifs is 1. The van der Waals surface area contributed by atoms with Crippen LogP contribution in [-0.2, 0) is 14.8 Å². The lowest BCUT2D eigenvalue weighted by Gasteiger charge is -2.20. The summed E-state index contributed by atoms with van der Waals surface area (Å²) in [5, 5.41) is 3.23. The van der Waals surface area contributed by atoms with Crippen LogP contribution in [0.15, 0.2) is 0 Å². The number of rotatable bonds is 2. The van der Waals surface area contributed by atoms with Gasteiger partial charge in [0.25, 0.3) is 0 Å². The van der Waals surface area contributed by atoms with Gasteiger partial charge in [-0.25, -0.2) is 12.7 Å². The molecule has 5 nitrogen and oxygen atoms in total. The Labute approximate surface area is 89.9 Å². The van der Waals surface area contributed by atoms with Gasteiger partial charge in [0, 0.05) is 6.04 Å².